The lowest BCUT2D eigenvalue weighted by Crippen LogP contribution is -2.48. The summed E-state index contributed by atoms with van der Waals surface area (Å²) in [4.78, 5) is 14.7. The Morgan fingerprint density at radius 3 is 2.58 bits per heavy atom. The van der Waals surface area contributed by atoms with Crippen molar-refractivity contribution >= 4 is 23.4 Å². The number of hydrogen-bond acceptors (Lipinski definition) is 3. The highest BCUT2D eigenvalue weighted by atomic mass is 19.1. The molecule has 2 aromatic rings. The third kappa shape index (κ3) is 4.77. The molecule has 1 heterocycles. The summed E-state index contributed by atoms with van der Waals surface area (Å²) < 4.78 is 28.1. The van der Waals surface area contributed by atoms with E-state index in [0.717, 1.165) is 30.6 Å². The lowest BCUT2D eigenvalue weighted by Gasteiger charge is -2.47. The highest BCUT2D eigenvalue weighted by Crippen LogP contribution is 2.44. The first-order chi connectivity index (χ1) is 14.7. The fraction of sp³-hybridized carbons (Fsp3) is 0.360. The van der Waals surface area contributed by atoms with Gasteiger partial charge in [-0.25, -0.2) is 8.78 Å². The van der Waals surface area contributed by atoms with Crippen LogP contribution in [0.15, 0.2) is 42.0 Å². The van der Waals surface area contributed by atoms with Crippen molar-refractivity contribution in [2.24, 2.45) is 0 Å². The molecule has 0 saturated heterocycles. The summed E-state index contributed by atoms with van der Waals surface area (Å²) in [6.07, 6.45) is 3.14. The van der Waals surface area contributed by atoms with E-state index < -0.39 is 17.5 Å². The minimum atomic E-state index is -0.673. The number of rotatable bonds is 5. The number of carbonyl (C=O) groups is 1. The predicted octanol–water partition coefficient (Wildman–Crippen LogP) is 6.01. The molecule has 1 aliphatic rings. The first-order valence-electron chi connectivity index (χ1n) is 10.5. The standard InChI is InChI=1S/C25H27F2N3O/c1-5-10-30-23-13-22(27)17(12-21(23)16(2)14-25(30,3)4)11-18(15-28)24(31)29-20-8-6-19(26)7-9-20/h6-9,11-13,16H,5,10,14H2,1-4H3,(H,29,31)/b18-11+. The molecular formula is C25H27F2N3O. The van der Waals surface area contributed by atoms with Crippen LogP contribution in [0.25, 0.3) is 6.08 Å². The number of anilines is 2. The number of hydrogen-bond donors (Lipinski definition) is 1. The van der Waals surface area contributed by atoms with E-state index in [0.29, 0.717) is 5.69 Å². The van der Waals surface area contributed by atoms with Gasteiger partial charge in [-0.2, -0.15) is 5.26 Å². The van der Waals surface area contributed by atoms with Crippen LogP contribution in [-0.2, 0) is 4.79 Å². The summed E-state index contributed by atoms with van der Waals surface area (Å²) in [5.74, 6) is -1.37. The Bertz CT molecular complexity index is 1050. The molecular weight excluding hydrogens is 396 g/mol. The lowest BCUT2D eigenvalue weighted by atomic mass is 9.79. The van der Waals surface area contributed by atoms with Gasteiger partial charge in [-0.05, 0) is 80.6 Å². The minimum Gasteiger partial charge on any atom is -0.366 e. The number of carbonyl (C=O) groups excluding carboxylic acids is 1. The third-order valence-electron chi connectivity index (χ3n) is 5.72. The fourth-order valence-electron chi connectivity index (χ4n) is 4.31. The van der Waals surface area contributed by atoms with Gasteiger partial charge in [0.2, 0.25) is 0 Å². The van der Waals surface area contributed by atoms with Gasteiger partial charge in [-0.15, -0.1) is 0 Å². The van der Waals surface area contributed by atoms with Gasteiger partial charge in [-0.1, -0.05) is 13.8 Å². The summed E-state index contributed by atoms with van der Waals surface area (Å²) in [7, 11) is 0. The normalized spacial score (nSPS) is 17.6. The Hall–Kier alpha value is -3.20. The number of nitrogens with one attached hydrogen (secondary N) is 1. The Morgan fingerprint density at radius 2 is 1.97 bits per heavy atom. The molecule has 162 valence electrons. The van der Waals surface area contributed by atoms with Crippen molar-refractivity contribution in [3.8, 4) is 6.07 Å². The topological polar surface area (TPSA) is 56.1 Å². The van der Waals surface area contributed by atoms with Crippen LogP contribution < -0.4 is 10.2 Å². The zero-order valence-corrected chi connectivity index (χ0v) is 18.3. The molecule has 2 aromatic carbocycles. The van der Waals surface area contributed by atoms with Crippen LogP contribution in [0.1, 0.15) is 57.6 Å². The zero-order chi connectivity index (χ0) is 22.8. The average molecular weight is 424 g/mol. The number of nitrogens with zero attached hydrogens (tertiary/aromatic N) is 2. The van der Waals surface area contributed by atoms with Crippen molar-refractivity contribution in [1.82, 2.24) is 0 Å². The van der Waals surface area contributed by atoms with Crippen LogP contribution in [0.5, 0.6) is 0 Å². The van der Waals surface area contributed by atoms with Crippen molar-refractivity contribution in [3.63, 3.8) is 0 Å². The highest BCUT2D eigenvalue weighted by molar-refractivity contribution is 6.09. The molecule has 3 rings (SSSR count). The second-order valence-electron chi connectivity index (χ2n) is 8.63. The van der Waals surface area contributed by atoms with Gasteiger partial charge in [0, 0.05) is 29.0 Å². The molecule has 0 radical (unpaired) electrons. The Labute approximate surface area is 182 Å². The maximum Gasteiger partial charge on any atom is 0.266 e. The molecule has 31 heavy (non-hydrogen) atoms. The summed E-state index contributed by atoms with van der Waals surface area (Å²) in [5, 5.41) is 12.0. The van der Waals surface area contributed by atoms with Crippen molar-refractivity contribution in [2.75, 3.05) is 16.8 Å². The van der Waals surface area contributed by atoms with E-state index in [2.05, 4.69) is 37.9 Å². The Morgan fingerprint density at radius 1 is 1.29 bits per heavy atom. The minimum absolute atomic E-state index is 0.0842. The van der Waals surface area contributed by atoms with E-state index in [1.807, 2.05) is 6.07 Å². The van der Waals surface area contributed by atoms with Crippen molar-refractivity contribution in [1.29, 1.82) is 5.26 Å². The SMILES string of the molecule is CCCN1c2cc(F)c(/C=C(\C#N)C(=O)Nc3ccc(F)cc3)cc2C(C)CC1(C)C. The molecule has 1 amide bonds. The van der Waals surface area contributed by atoms with Gasteiger partial charge in [0.15, 0.2) is 0 Å². The van der Waals surface area contributed by atoms with Crippen molar-refractivity contribution in [3.05, 3.63) is 64.7 Å². The number of amides is 1. The van der Waals surface area contributed by atoms with Crippen LogP contribution in [0, 0.1) is 23.0 Å². The van der Waals surface area contributed by atoms with Crippen molar-refractivity contribution in [2.45, 2.75) is 52.0 Å². The molecule has 1 unspecified atom stereocenters. The van der Waals surface area contributed by atoms with E-state index in [9.17, 15) is 14.4 Å². The first kappa shape index (κ1) is 22.5. The molecule has 0 saturated carbocycles. The van der Waals surface area contributed by atoms with Crippen LogP contribution >= 0.6 is 0 Å². The quantitative estimate of drug-likeness (QED) is 0.473. The summed E-state index contributed by atoms with van der Waals surface area (Å²) in [6, 6.07) is 10.3. The number of benzene rings is 2. The van der Waals surface area contributed by atoms with E-state index in [-0.39, 0.29) is 22.6 Å². The van der Waals surface area contributed by atoms with Crippen LogP contribution in [-0.4, -0.2) is 18.0 Å². The van der Waals surface area contributed by atoms with E-state index in [1.165, 1.54) is 36.4 Å². The molecule has 0 aliphatic carbocycles. The maximum absolute atomic E-state index is 15.0. The third-order valence-corrected chi connectivity index (χ3v) is 5.72. The molecule has 1 aliphatic heterocycles. The molecule has 6 heteroatoms. The predicted molar refractivity (Wildman–Crippen MR) is 120 cm³/mol. The van der Waals surface area contributed by atoms with E-state index >= 15 is 4.39 Å². The molecule has 1 atom stereocenters. The molecule has 0 fully saturated rings. The van der Waals surface area contributed by atoms with Crippen LogP contribution in [0.2, 0.25) is 0 Å². The number of halogens is 2. The first-order valence-corrected chi connectivity index (χ1v) is 10.5. The maximum atomic E-state index is 15.0. The molecule has 4 nitrogen and oxygen atoms in total. The van der Waals surface area contributed by atoms with E-state index in [1.54, 1.807) is 6.07 Å². The fourth-order valence-corrected chi connectivity index (χ4v) is 4.31. The smallest absolute Gasteiger partial charge is 0.266 e. The molecule has 0 spiro atoms. The van der Waals surface area contributed by atoms with E-state index in [4.69, 9.17) is 0 Å². The number of fused-ring (bicyclic) bond motifs is 1. The van der Waals surface area contributed by atoms with Gasteiger partial charge in [-0.3, -0.25) is 4.79 Å². The molecule has 0 aromatic heterocycles. The van der Waals surface area contributed by atoms with Gasteiger partial charge in [0.1, 0.15) is 23.3 Å². The van der Waals surface area contributed by atoms with Crippen LogP contribution in [0.4, 0.5) is 20.2 Å². The van der Waals surface area contributed by atoms with Gasteiger partial charge in [0.05, 0.1) is 0 Å². The molecule has 0 bridgehead atoms. The average Bonchev–Trinajstić information content (AvgIpc) is 2.71. The number of nitriles is 1. The van der Waals surface area contributed by atoms with Crippen molar-refractivity contribution < 1.29 is 13.6 Å². The molecule has 1 N–H and O–H groups in total. The Kier molecular flexibility index (Phi) is 6.45. The highest BCUT2D eigenvalue weighted by Gasteiger charge is 2.36. The van der Waals surface area contributed by atoms with Crippen LogP contribution in [0.3, 0.4) is 0 Å². The zero-order valence-electron chi connectivity index (χ0n) is 18.3. The second-order valence-corrected chi connectivity index (χ2v) is 8.63. The summed E-state index contributed by atoms with van der Waals surface area (Å²) in [6.45, 7) is 9.37. The summed E-state index contributed by atoms with van der Waals surface area (Å²) >= 11 is 0. The van der Waals surface area contributed by atoms with Gasteiger partial charge < -0.3 is 10.2 Å². The second kappa shape index (κ2) is 8.89. The largest absolute Gasteiger partial charge is 0.366 e. The van der Waals surface area contributed by atoms with Gasteiger partial charge >= 0.3 is 0 Å². The van der Waals surface area contributed by atoms with Gasteiger partial charge in [0.25, 0.3) is 5.91 Å². The monoisotopic (exact) mass is 423 g/mol. The Balaban J connectivity index is 1.96. The summed E-state index contributed by atoms with van der Waals surface area (Å²) in [5.41, 5.74) is 2.12. The lowest BCUT2D eigenvalue weighted by molar-refractivity contribution is -0.112.